The van der Waals surface area contributed by atoms with E-state index in [2.05, 4.69) is 5.16 Å². The van der Waals surface area contributed by atoms with E-state index in [1.165, 1.54) is 25.3 Å². The zero-order chi connectivity index (χ0) is 22.0. The molecule has 0 atom stereocenters. The monoisotopic (exact) mass is 423 g/mol. The van der Waals surface area contributed by atoms with Crippen LogP contribution in [-0.4, -0.2) is 24.0 Å². The molecule has 2 heterocycles. The molecule has 0 aliphatic carbocycles. The summed E-state index contributed by atoms with van der Waals surface area (Å²) >= 11 is 0. The number of fused-ring (bicyclic) bond motifs is 1. The average Bonchev–Trinajstić information content (AvgIpc) is 3.33. The fraction of sp³-hybridized carbons (Fsp3) is 0.174. The number of halogens is 1. The molecule has 1 aliphatic rings. The highest BCUT2D eigenvalue weighted by atomic mass is 19.1. The van der Waals surface area contributed by atoms with E-state index in [9.17, 15) is 14.0 Å². The number of ketones is 1. The smallest absolute Gasteiger partial charge is 0.311 e. The lowest BCUT2D eigenvalue weighted by molar-refractivity contribution is -0.134. The number of allylic oxidation sites excluding steroid dienone is 1. The van der Waals surface area contributed by atoms with Gasteiger partial charge in [0.05, 0.1) is 19.1 Å². The van der Waals surface area contributed by atoms with E-state index in [1.54, 1.807) is 37.3 Å². The van der Waals surface area contributed by atoms with Crippen LogP contribution in [0.2, 0.25) is 0 Å². The zero-order valence-corrected chi connectivity index (χ0v) is 16.8. The number of nitrogens with zero attached hydrogens (tertiary/aromatic N) is 1. The van der Waals surface area contributed by atoms with Crippen LogP contribution in [0, 0.1) is 12.7 Å². The molecule has 0 N–H and O–H groups in total. The predicted octanol–water partition coefficient (Wildman–Crippen LogP) is 4.29. The number of carbonyl (C=O) groups excluding carboxylic acids is 2. The Morgan fingerprint density at radius 3 is 2.77 bits per heavy atom. The zero-order valence-electron chi connectivity index (χ0n) is 16.8. The van der Waals surface area contributed by atoms with Crippen molar-refractivity contribution in [3.05, 3.63) is 76.5 Å². The molecular formula is C23H18FNO6. The molecule has 1 aliphatic heterocycles. The molecule has 0 fully saturated rings. The molecule has 158 valence electrons. The second kappa shape index (κ2) is 8.43. The molecule has 0 saturated carbocycles. The van der Waals surface area contributed by atoms with Crippen LogP contribution in [0.15, 0.2) is 52.7 Å². The summed E-state index contributed by atoms with van der Waals surface area (Å²) < 4.78 is 34.9. The summed E-state index contributed by atoms with van der Waals surface area (Å²) in [5.74, 6) is 0.0410. The molecular weight excluding hydrogens is 405 g/mol. The molecule has 4 rings (SSSR count). The fourth-order valence-electron chi connectivity index (χ4n) is 3.19. The topological polar surface area (TPSA) is 87.9 Å². The number of hydrogen-bond donors (Lipinski definition) is 0. The van der Waals surface area contributed by atoms with E-state index in [4.69, 9.17) is 18.7 Å². The summed E-state index contributed by atoms with van der Waals surface area (Å²) in [6, 6.07) is 10.7. The highest BCUT2D eigenvalue weighted by Crippen LogP contribution is 2.37. The molecule has 0 spiro atoms. The van der Waals surface area contributed by atoms with Gasteiger partial charge in [-0.2, -0.15) is 0 Å². The Hall–Kier alpha value is -3.94. The molecule has 0 radical (unpaired) electrons. The van der Waals surface area contributed by atoms with Gasteiger partial charge >= 0.3 is 5.97 Å². The van der Waals surface area contributed by atoms with Crippen LogP contribution in [0.5, 0.6) is 17.4 Å². The number of rotatable bonds is 6. The van der Waals surface area contributed by atoms with Crippen LogP contribution in [0.1, 0.15) is 33.7 Å². The molecule has 0 bridgehead atoms. The first-order valence-electron chi connectivity index (χ1n) is 9.48. The largest absolute Gasteiger partial charge is 0.479 e. The van der Waals surface area contributed by atoms with Gasteiger partial charge in [0.2, 0.25) is 5.78 Å². The van der Waals surface area contributed by atoms with Gasteiger partial charge in [0.1, 0.15) is 23.1 Å². The van der Waals surface area contributed by atoms with Gasteiger partial charge in [-0.25, -0.2) is 4.39 Å². The van der Waals surface area contributed by atoms with E-state index in [0.717, 1.165) is 0 Å². The number of esters is 1. The maximum atomic E-state index is 13.9. The third-order valence-corrected chi connectivity index (χ3v) is 4.69. The van der Waals surface area contributed by atoms with E-state index < -0.39 is 11.8 Å². The number of hydrogen-bond acceptors (Lipinski definition) is 7. The molecule has 0 amide bonds. The van der Waals surface area contributed by atoms with E-state index in [1.807, 2.05) is 0 Å². The molecule has 2 aromatic carbocycles. The Kier molecular flexibility index (Phi) is 5.53. The number of methoxy groups -OCH3 is 1. The minimum Gasteiger partial charge on any atom is -0.479 e. The van der Waals surface area contributed by atoms with Crippen molar-refractivity contribution in [2.45, 2.75) is 19.8 Å². The van der Waals surface area contributed by atoms with Gasteiger partial charge in [-0.05, 0) is 35.9 Å². The second-order valence-electron chi connectivity index (χ2n) is 6.88. The highest BCUT2D eigenvalue weighted by molar-refractivity contribution is 6.15. The first-order valence-corrected chi connectivity index (χ1v) is 9.48. The van der Waals surface area contributed by atoms with Gasteiger partial charge in [0, 0.05) is 24.1 Å². The van der Waals surface area contributed by atoms with Crippen molar-refractivity contribution >= 4 is 17.8 Å². The van der Waals surface area contributed by atoms with Gasteiger partial charge < -0.3 is 18.7 Å². The Labute approximate surface area is 177 Å². The van der Waals surface area contributed by atoms with Crippen molar-refractivity contribution in [2.75, 3.05) is 7.11 Å². The van der Waals surface area contributed by atoms with Crippen molar-refractivity contribution in [2.24, 2.45) is 0 Å². The number of aromatic nitrogens is 1. The molecule has 31 heavy (non-hydrogen) atoms. The van der Waals surface area contributed by atoms with E-state index in [-0.39, 0.29) is 35.0 Å². The second-order valence-corrected chi connectivity index (χ2v) is 6.88. The highest BCUT2D eigenvalue weighted by Gasteiger charge is 2.30. The van der Waals surface area contributed by atoms with Crippen molar-refractivity contribution < 1.29 is 32.7 Å². The van der Waals surface area contributed by atoms with Crippen LogP contribution in [0.4, 0.5) is 4.39 Å². The Balaban J connectivity index is 1.47. The molecule has 1 aromatic heterocycles. The number of Topliss-reactive ketones (excluding diaryl/α,β-unsaturated/α-hetero) is 1. The lowest BCUT2D eigenvalue weighted by Crippen LogP contribution is -2.09. The van der Waals surface area contributed by atoms with Crippen molar-refractivity contribution in [1.29, 1.82) is 0 Å². The summed E-state index contributed by atoms with van der Waals surface area (Å²) in [6.45, 7) is 1.71. The minimum absolute atomic E-state index is 0.00550. The van der Waals surface area contributed by atoms with Gasteiger partial charge in [0.15, 0.2) is 5.76 Å². The van der Waals surface area contributed by atoms with Crippen molar-refractivity contribution in [3.63, 3.8) is 0 Å². The first kappa shape index (κ1) is 20.3. The normalized spacial score (nSPS) is 13.8. The fourth-order valence-corrected chi connectivity index (χ4v) is 3.19. The van der Waals surface area contributed by atoms with E-state index >= 15 is 0 Å². The number of ether oxygens (including phenoxy) is 3. The van der Waals surface area contributed by atoms with Crippen LogP contribution in [0.3, 0.4) is 0 Å². The number of carbonyl (C=O) groups is 2. The summed E-state index contributed by atoms with van der Waals surface area (Å²) in [5.41, 5.74) is 1.19. The predicted molar refractivity (Wildman–Crippen MR) is 108 cm³/mol. The van der Waals surface area contributed by atoms with Crippen LogP contribution in [0.25, 0.3) is 6.08 Å². The SMILES string of the molecule is COc1cc(CCC(=O)Oc2cc(C)c3c(c2)O/C(=C\c2ccccc2F)C3=O)on1. The van der Waals surface area contributed by atoms with Crippen LogP contribution in [-0.2, 0) is 11.2 Å². The summed E-state index contributed by atoms with van der Waals surface area (Å²) in [4.78, 5) is 24.9. The standard InChI is InChI=1S/C23H18FNO6/c1-13-9-16(29-21(26)8-7-15-12-20(28-2)25-31-15)11-18-22(13)23(27)19(30-18)10-14-5-3-4-6-17(14)24/h3-6,9-12H,7-8H2,1-2H3/b19-10-. The van der Waals surface area contributed by atoms with Crippen molar-refractivity contribution in [3.8, 4) is 17.4 Å². The lowest BCUT2D eigenvalue weighted by Gasteiger charge is -2.07. The number of benzene rings is 2. The summed E-state index contributed by atoms with van der Waals surface area (Å²) in [5, 5.41) is 3.67. The third kappa shape index (κ3) is 4.32. The van der Waals surface area contributed by atoms with E-state index in [0.29, 0.717) is 29.2 Å². The Morgan fingerprint density at radius 2 is 2.03 bits per heavy atom. The maximum absolute atomic E-state index is 13.9. The molecule has 3 aromatic rings. The van der Waals surface area contributed by atoms with Gasteiger partial charge in [-0.3, -0.25) is 9.59 Å². The maximum Gasteiger partial charge on any atom is 0.311 e. The first-order chi connectivity index (χ1) is 14.9. The average molecular weight is 423 g/mol. The molecule has 7 nitrogen and oxygen atoms in total. The third-order valence-electron chi connectivity index (χ3n) is 4.69. The van der Waals surface area contributed by atoms with Gasteiger partial charge in [-0.15, -0.1) is 0 Å². The van der Waals surface area contributed by atoms with Crippen LogP contribution < -0.4 is 14.2 Å². The van der Waals surface area contributed by atoms with Crippen molar-refractivity contribution in [1.82, 2.24) is 5.16 Å². The van der Waals surface area contributed by atoms with Crippen LogP contribution >= 0.6 is 0 Å². The number of aryl methyl sites for hydroxylation is 2. The Morgan fingerprint density at radius 1 is 1.23 bits per heavy atom. The quantitative estimate of drug-likeness (QED) is 0.332. The molecule has 0 unspecified atom stereocenters. The van der Waals surface area contributed by atoms with Gasteiger partial charge in [-0.1, -0.05) is 18.2 Å². The minimum atomic E-state index is -0.485. The summed E-state index contributed by atoms with van der Waals surface area (Å²) in [7, 11) is 1.47. The molecule has 0 saturated heterocycles. The molecule has 8 heteroatoms. The Bertz CT molecular complexity index is 1200. The van der Waals surface area contributed by atoms with Gasteiger partial charge in [0.25, 0.3) is 5.88 Å². The summed E-state index contributed by atoms with van der Waals surface area (Å²) in [6.07, 6.45) is 1.71. The lowest BCUT2D eigenvalue weighted by atomic mass is 10.0.